The van der Waals surface area contributed by atoms with Crippen molar-refractivity contribution in [2.75, 3.05) is 13.1 Å². The zero-order valence-corrected chi connectivity index (χ0v) is 11.4. The monoisotopic (exact) mass is 277 g/mol. The van der Waals surface area contributed by atoms with Crippen LogP contribution in [0.3, 0.4) is 0 Å². The summed E-state index contributed by atoms with van der Waals surface area (Å²) in [6.07, 6.45) is 3.41. The fraction of sp³-hybridized carbons (Fsp3) is 0.467. The largest absolute Gasteiger partial charge is 0.334 e. The topological polar surface area (TPSA) is 37.4 Å². The number of rotatable bonds is 3. The molecule has 1 heterocycles. The molecule has 0 spiro atoms. The summed E-state index contributed by atoms with van der Waals surface area (Å²) in [5.41, 5.74) is 1.26. The number of hydrogen-bond donors (Lipinski definition) is 0. The van der Waals surface area contributed by atoms with Crippen molar-refractivity contribution < 1.29 is 9.59 Å². The first kappa shape index (κ1) is 12.7. The Kier molecular flexibility index (Phi) is 3.09. The number of carbonyl (C=O) groups is 2. The maximum absolute atomic E-state index is 11.8. The molecule has 3 nitrogen and oxygen atoms in total. The van der Waals surface area contributed by atoms with Crippen molar-refractivity contribution in [2.24, 2.45) is 0 Å². The third-order valence-corrected chi connectivity index (χ3v) is 4.58. The van der Waals surface area contributed by atoms with Crippen molar-refractivity contribution in [3.8, 4) is 0 Å². The van der Waals surface area contributed by atoms with Gasteiger partial charge in [-0.25, -0.2) is 0 Å². The molecule has 0 aromatic heterocycles. The van der Waals surface area contributed by atoms with Crippen LogP contribution in [0.25, 0.3) is 0 Å². The molecule has 2 aliphatic rings. The molecular formula is C15H16ClNO2. The summed E-state index contributed by atoms with van der Waals surface area (Å²) in [6.45, 7) is 0.952. The first-order chi connectivity index (χ1) is 9.09. The Morgan fingerprint density at radius 1 is 1.16 bits per heavy atom. The Labute approximate surface area is 117 Å². The van der Waals surface area contributed by atoms with Crippen molar-refractivity contribution >= 4 is 23.3 Å². The van der Waals surface area contributed by atoms with Crippen molar-refractivity contribution in [3.05, 3.63) is 34.9 Å². The van der Waals surface area contributed by atoms with Crippen LogP contribution in [0.4, 0.5) is 0 Å². The minimum atomic E-state index is -0.0229. The van der Waals surface area contributed by atoms with E-state index in [4.69, 9.17) is 11.6 Å². The predicted molar refractivity (Wildman–Crippen MR) is 73.2 cm³/mol. The van der Waals surface area contributed by atoms with E-state index in [0.29, 0.717) is 6.54 Å². The molecule has 1 aromatic carbocycles. The number of nitrogens with zero attached hydrogens (tertiary/aromatic N) is 1. The predicted octanol–water partition coefficient (Wildman–Crippen LogP) is 2.56. The molecule has 19 heavy (non-hydrogen) atoms. The summed E-state index contributed by atoms with van der Waals surface area (Å²) in [4.78, 5) is 24.8. The maximum Gasteiger partial charge on any atom is 0.230 e. The van der Waals surface area contributed by atoms with E-state index in [0.717, 1.165) is 17.9 Å². The van der Waals surface area contributed by atoms with Crippen molar-refractivity contribution in [2.45, 2.75) is 31.1 Å². The van der Waals surface area contributed by atoms with Gasteiger partial charge in [0, 0.05) is 17.0 Å². The van der Waals surface area contributed by atoms with Crippen LogP contribution >= 0.6 is 11.6 Å². The number of benzene rings is 1. The van der Waals surface area contributed by atoms with Crippen LogP contribution in [0, 0.1) is 0 Å². The van der Waals surface area contributed by atoms with Crippen molar-refractivity contribution in [1.82, 2.24) is 4.90 Å². The van der Waals surface area contributed by atoms with E-state index in [2.05, 4.69) is 0 Å². The molecule has 0 bridgehead atoms. The van der Waals surface area contributed by atoms with Crippen LogP contribution in [0.1, 0.15) is 31.2 Å². The van der Waals surface area contributed by atoms with E-state index in [9.17, 15) is 9.59 Å². The molecule has 1 saturated carbocycles. The number of Topliss-reactive ketones (excluding diaryl/α,β-unsaturated/α-hetero) is 1. The minimum absolute atomic E-state index is 0.0229. The lowest BCUT2D eigenvalue weighted by Gasteiger charge is -2.44. The van der Waals surface area contributed by atoms with E-state index >= 15 is 0 Å². The van der Waals surface area contributed by atoms with Gasteiger partial charge in [0.05, 0.1) is 13.0 Å². The molecule has 4 heteroatoms. The van der Waals surface area contributed by atoms with Crippen LogP contribution in [0.5, 0.6) is 0 Å². The SMILES string of the molecule is O=C1CC(=O)N(CC2(c3ccc(Cl)cc3)CCC2)C1. The number of carbonyl (C=O) groups excluding carboxylic acids is 2. The minimum Gasteiger partial charge on any atom is -0.334 e. The summed E-state index contributed by atoms with van der Waals surface area (Å²) in [7, 11) is 0. The van der Waals surface area contributed by atoms with Gasteiger partial charge in [-0.2, -0.15) is 0 Å². The Morgan fingerprint density at radius 2 is 1.84 bits per heavy atom. The number of likely N-dealkylation sites (tertiary alicyclic amines) is 1. The second kappa shape index (κ2) is 4.64. The summed E-state index contributed by atoms with van der Waals surface area (Å²) >= 11 is 5.93. The van der Waals surface area contributed by atoms with Gasteiger partial charge in [0.2, 0.25) is 5.91 Å². The highest BCUT2D eigenvalue weighted by Crippen LogP contribution is 2.44. The molecule has 0 radical (unpaired) electrons. The van der Waals surface area contributed by atoms with Crippen LogP contribution in [0.2, 0.25) is 5.02 Å². The molecule has 3 rings (SSSR count). The molecule has 0 atom stereocenters. The van der Waals surface area contributed by atoms with E-state index < -0.39 is 0 Å². The molecular weight excluding hydrogens is 262 g/mol. The molecule has 1 aromatic rings. The third-order valence-electron chi connectivity index (χ3n) is 4.33. The summed E-state index contributed by atoms with van der Waals surface area (Å²) in [5.74, 6) is 0.0146. The van der Waals surface area contributed by atoms with E-state index in [1.807, 2.05) is 24.3 Å². The lowest BCUT2D eigenvalue weighted by molar-refractivity contribution is -0.129. The molecule has 0 unspecified atom stereocenters. The Bertz CT molecular complexity index is 519. The molecule has 1 aliphatic heterocycles. The maximum atomic E-state index is 11.8. The van der Waals surface area contributed by atoms with Crippen molar-refractivity contribution in [3.63, 3.8) is 0 Å². The Balaban J connectivity index is 1.82. The van der Waals surface area contributed by atoms with Gasteiger partial charge in [0.15, 0.2) is 5.78 Å². The van der Waals surface area contributed by atoms with Gasteiger partial charge >= 0.3 is 0 Å². The van der Waals surface area contributed by atoms with Crippen LogP contribution in [0.15, 0.2) is 24.3 Å². The van der Waals surface area contributed by atoms with Crippen molar-refractivity contribution in [1.29, 1.82) is 0 Å². The first-order valence-electron chi connectivity index (χ1n) is 6.65. The zero-order valence-electron chi connectivity index (χ0n) is 10.7. The second-order valence-corrected chi connectivity index (χ2v) is 6.04. The molecule has 0 N–H and O–H groups in total. The van der Waals surface area contributed by atoms with Crippen LogP contribution in [-0.2, 0) is 15.0 Å². The summed E-state index contributed by atoms with van der Waals surface area (Å²) < 4.78 is 0. The first-order valence-corrected chi connectivity index (χ1v) is 7.02. The molecule has 1 saturated heterocycles. The van der Waals surface area contributed by atoms with Gasteiger partial charge < -0.3 is 4.90 Å². The standard InChI is InChI=1S/C15H16ClNO2/c16-12-4-2-11(3-5-12)15(6-1-7-15)10-17-9-13(18)8-14(17)19/h2-5H,1,6-10H2. The quantitative estimate of drug-likeness (QED) is 0.797. The van der Waals surface area contributed by atoms with E-state index in [1.165, 1.54) is 12.0 Å². The van der Waals surface area contributed by atoms with E-state index in [-0.39, 0.29) is 30.1 Å². The molecule has 1 amide bonds. The fourth-order valence-electron chi connectivity index (χ4n) is 3.09. The highest BCUT2D eigenvalue weighted by molar-refractivity contribution is 6.30. The van der Waals surface area contributed by atoms with Gasteiger partial charge in [-0.1, -0.05) is 30.2 Å². The summed E-state index contributed by atoms with van der Waals surface area (Å²) in [5, 5.41) is 0.727. The van der Waals surface area contributed by atoms with Gasteiger partial charge in [-0.15, -0.1) is 0 Å². The number of ketones is 1. The molecule has 100 valence electrons. The third kappa shape index (κ3) is 2.27. The highest BCUT2D eigenvalue weighted by atomic mass is 35.5. The van der Waals surface area contributed by atoms with Crippen LogP contribution in [-0.4, -0.2) is 29.7 Å². The molecule has 2 fully saturated rings. The van der Waals surface area contributed by atoms with Gasteiger partial charge in [-0.05, 0) is 30.5 Å². The number of halogens is 1. The number of amides is 1. The zero-order chi connectivity index (χ0) is 13.5. The smallest absolute Gasteiger partial charge is 0.230 e. The average Bonchev–Trinajstić information content (AvgIpc) is 2.64. The normalized spacial score (nSPS) is 21.6. The lowest BCUT2D eigenvalue weighted by atomic mass is 9.64. The van der Waals surface area contributed by atoms with Crippen LogP contribution < -0.4 is 0 Å². The molecule has 1 aliphatic carbocycles. The van der Waals surface area contributed by atoms with Gasteiger partial charge in [0.1, 0.15) is 0 Å². The van der Waals surface area contributed by atoms with E-state index in [1.54, 1.807) is 4.90 Å². The highest BCUT2D eigenvalue weighted by Gasteiger charge is 2.42. The van der Waals surface area contributed by atoms with Gasteiger partial charge in [-0.3, -0.25) is 9.59 Å². The summed E-state index contributed by atoms with van der Waals surface area (Å²) in [6, 6.07) is 7.88. The Morgan fingerprint density at radius 3 is 2.32 bits per heavy atom. The fourth-order valence-corrected chi connectivity index (χ4v) is 3.22. The second-order valence-electron chi connectivity index (χ2n) is 5.61. The Hall–Kier alpha value is -1.35. The lowest BCUT2D eigenvalue weighted by Crippen LogP contribution is -2.46. The average molecular weight is 278 g/mol. The number of hydrogen-bond acceptors (Lipinski definition) is 2. The van der Waals surface area contributed by atoms with Gasteiger partial charge in [0.25, 0.3) is 0 Å².